The zero-order valence-corrected chi connectivity index (χ0v) is 4.69. The molecule has 0 saturated heterocycles. The standard InChI is InChI=1S/C5H5N3O/c1(5-2-9-5)8-4-6-3-7-8/h2-4H,1H2. The van der Waals surface area contributed by atoms with E-state index in [4.69, 9.17) is 4.74 Å². The van der Waals surface area contributed by atoms with Crippen molar-refractivity contribution in [3.8, 4) is 0 Å². The maximum atomic E-state index is 4.78. The minimum absolute atomic E-state index is 0.708. The molecule has 0 bridgehead atoms. The maximum Gasteiger partial charge on any atom is 0.160 e. The summed E-state index contributed by atoms with van der Waals surface area (Å²) in [6.07, 6.45) is 4.85. The van der Waals surface area contributed by atoms with Crippen molar-refractivity contribution in [1.82, 2.24) is 14.8 Å². The lowest BCUT2D eigenvalue weighted by molar-refractivity contribution is 0.459. The van der Waals surface area contributed by atoms with Gasteiger partial charge >= 0.3 is 0 Å². The fraction of sp³-hybridized carbons (Fsp3) is 0.200. The van der Waals surface area contributed by atoms with Crippen molar-refractivity contribution < 1.29 is 4.74 Å². The van der Waals surface area contributed by atoms with Gasteiger partial charge in [-0.1, -0.05) is 0 Å². The number of aromatic nitrogens is 3. The first-order valence-corrected chi connectivity index (χ1v) is 2.63. The third-order valence-corrected chi connectivity index (χ3v) is 1.07. The molecule has 0 fully saturated rings. The number of hydrogen-bond donors (Lipinski definition) is 0. The number of nitrogens with zero attached hydrogens (tertiary/aromatic N) is 3. The Labute approximate surface area is 51.8 Å². The SMILES string of the molecule is C1=C(Cn2cncn2)O1. The molecule has 9 heavy (non-hydrogen) atoms. The topological polar surface area (TPSA) is 43.2 Å². The van der Waals surface area contributed by atoms with Gasteiger partial charge < -0.3 is 4.74 Å². The molecular formula is C5H5N3O. The summed E-state index contributed by atoms with van der Waals surface area (Å²) in [6, 6.07) is 0. The van der Waals surface area contributed by atoms with Gasteiger partial charge in [0.1, 0.15) is 25.5 Å². The van der Waals surface area contributed by atoms with Gasteiger partial charge in [0, 0.05) is 0 Å². The molecular weight excluding hydrogens is 118 g/mol. The van der Waals surface area contributed by atoms with Crippen LogP contribution in [0.25, 0.3) is 0 Å². The van der Waals surface area contributed by atoms with E-state index in [0.29, 0.717) is 6.54 Å². The summed E-state index contributed by atoms with van der Waals surface area (Å²) < 4.78 is 6.49. The largest absolute Gasteiger partial charge is 0.461 e. The van der Waals surface area contributed by atoms with E-state index in [2.05, 4.69) is 10.1 Å². The molecule has 0 atom stereocenters. The molecule has 1 aromatic rings. The van der Waals surface area contributed by atoms with Gasteiger partial charge in [0.25, 0.3) is 0 Å². The van der Waals surface area contributed by atoms with Crippen LogP contribution in [0.5, 0.6) is 0 Å². The molecule has 2 rings (SSSR count). The van der Waals surface area contributed by atoms with E-state index in [1.807, 2.05) is 0 Å². The van der Waals surface area contributed by atoms with Crippen molar-refractivity contribution in [2.45, 2.75) is 6.54 Å². The van der Waals surface area contributed by atoms with Gasteiger partial charge in [-0.25, -0.2) is 9.67 Å². The zero-order valence-electron chi connectivity index (χ0n) is 4.69. The van der Waals surface area contributed by atoms with Gasteiger partial charge in [-0.05, 0) is 0 Å². The van der Waals surface area contributed by atoms with E-state index in [-0.39, 0.29) is 0 Å². The van der Waals surface area contributed by atoms with E-state index < -0.39 is 0 Å². The summed E-state index contributed by atoms with van der Waals surface area (Å²) in [5, 5.41) is 3.88. The fourth-order valence-corrected chi connectivity index (χ4v) is 0.590. The highest BCUT2D eigenvalue weighted by molar-refractivity contribution is 5.01. The summed E-state index contributed by atoms with van der Waals surface area (Å²) in [5.74, 6) is 0.959. The molecule has 0 aromatic carbocycles. The van der Waals surface area contributed by atoms with Crippen LogP contribution in [-0.4, -0.2) is 14.8 Å². The highest BCUT2D eigenvalue weighted by Crippen LogP contribution is 2.13. The average Bonchev–Trinajstić information content (AvgIpc) is 2.46. The number of allylic oxidation sites excluding steroid dienone is 1. The third kappa shape index (κ3) is 0.910. The molecule has 0 amide bonds. The molecule has 0 radical (unpaired) electrons. The Morgan fingerprint density at radius 3 is 3.11 bits per heavy atom. The first-order chi connectivity index (χ1) is 4.45. The normalized spacial score (nSPS) is 14.4. The van der Waals surface area contributed by atoms with Crippen LogP contribution in [0.3, 0.4) is 0 Å². The van der Waals surface area contributed by atoms with Gasteiger partial charge in [-0.3, -0.25) is 0 Å². The highest BCUT2D eigenvalue weighted by Gasteiger charge is 2.09. The van der Waals surface area contributed by atoms with Crippen LogP contribution in [-0.2, 0) is 11.3 Å². The Kier molecular flexibility index (Phi) is 0.798. The van der Waals surface area contributed by atoms with Crippen LogP contribution < -0.4 is 0 Å². The second-order valence-corrected chi connectivity index (χ2v) is 1.80. The van der Waals surface area contributed by atoms with Gasteiger partial charge in [0.05, 0.1) is 0 Å². The molecule has 0 N–H and O–H groups in total. The minimum Gasteiger partial charge on any atom is -0.461 e. The molecule has 0 aliphatic carbocycles. The number of hydrogen-bond acceptors (Lipinski definition) is 3. The van der Waals surface area contributed by atoms with Crippen LogP contribution in [0, 0.1) is 0 Å². The van der Waals surface area contributed by atoms with E-state index in [1.165, 1.54) is 6.33 Å². The third-order valence-electron chi connectivity index (χ3n) is 1.07. The molecule has 0 saturated carbocycles. The lowest BCUT2D eigenvalue weighted by Crippen LogP contribution is -1.95. The molecule has 1 aliphatic heterocycles. The van der Waals surface area contributed by atoms with Gasteiger partial charge in [0.15, 0.2) is 5.76 Å². The zero-order chi connectivity index (χ0) is 6.10. The van der Waals surface area contributed by atoms with Crippen molar-refractivity contribution in [2.75, 3.05) is 0 Å². The Balaban J connectivity index is 2.07. The van der Waals surface area contributed by atoms with Crippen molar-refractivity contribution >= 4 is 0 Å². The first-order valence-electron chi connectivity index (χ1n) is 2.63. The summed E-state index contributed by atoms with van der Waals surface area (Å²) in [7, 11) is 0. The Hall–Kier alpha value is -1.32. The number of ether oxygens (including phenoxy) is 1. The van der Waals surface area contributed by atoms with Crippen LogP contribution in [0.15, 0.2) is 24.7 Å². The molecule has 4 heteroatoms. The lowest BCUT2D eigenvalue weighted by atomic mass is 10.6. The van der Waals surface area contributed by atoms with Crippen molar-refractivity contribution in [2.24, 2.45) is 0 Å². The van der Waals surface area contributed by atoms with Crippen LogP contribution in [0.4, 0.5) is 0 Å². The monoisotopic (exact) mass is 123 g/mol. The van der Waals surface area contributed by atoms with Crippen molar-refractivity contribution in [1.29, 1.82) is 0 Å². The molecule has 4 nitrogen and oxygen atoms in total. The summed E-state index contributed by atoms with van der Waals surface area (Å²) >= 11 is 0. The van der Waals surface area contributed by atoms with E-state index in [9.17, 15) is 0 Å². The summed E-state index contributed by atoms with van der Waals surface area (Å²) in [6.45, 7) is 0.708. The van der Waals surface area contributed by atoms with Gasteiger partial charge in [0.2, 0.25) is 0 Å². The second-order valence-electron chi connectivity index (χ2n) is 1.80. The maximum absolute atomic E-state index is 4.78. The second kappa shape index (κ2) is 1.58. The first kappa shape index (κ1) is 4.55. The predicted molar refractivity (Wildman–Crippen MR) is 29.2 cm³/mol. The van der Waals surface area contributed by atoms with Crippen molar-refractivity contribution in [3.63, 3.8) is 0 Å². The number of rotatable bonds is 2. The molecule has 1 aliphatic rings. The summed E-state index contributed by atoms with van der Waals surface area (Å²) in [4.78, 5) is 3.77. The van der Waals surface area contributed by atoms with E-state index >= 15 is 0 Å². The van der Waals surface area contributed by atoms with Gasteiger partial charge in [-0.15, -0.1) is 0 Å². The molecule has 0 unspecified atom stereocenters. The minimum atomic E-state index is 0.708. The Bertz CT molecular complexity index is 226. The predicted octanol–water partition coefficient (Wildman–Crippen LogP) is 0.150. The van der Waals surface area contributed by atoms with Crippen molar-refractivity contribution in [3.05, 3.63) is 24.7 Å². The summed E-state index contributed by atoms with van der Waals surface area (Å²) in [5.41, 5.74) is 0. The quantitative estimate of drug-likeness (QED) is 0.562. The van der Waals surface area contributed by atoms with E-state index in [1.54, 1.807) is 17.3 Å². The lowest BCUT2D eigenvalue weighted by Gasteiger charge is -1.88. The van der Waals surface area contributed by atoms with Crippen LogP contribution in [0.2, 0.25) is 0 Å². The van der Waals surface area contributed by atoms with Gasteiger partial charge in [-0.2, -0.15) is 5.10 Å². The molecule has 2 heterocycles. The Morgan fingerprint density at radius 1 is 1.67 bits per heavy atom. The molecule has 0 spiro atoms. The molecule has 46 valence electrons. The average molecular weight is 123 g/mol. The van der Waals surface area contributed by atoms with Crippen LogP contribution in [0.1, 0.15) is 0 Å². The fourth-order valence-electron chi connectivity index (χ4n) is 0.590. The van der Waals surface area contributed by atoms with Crippen LogP contribution >= 0.6 is 0 Å². The Morgan fingerprint density at radius 2 is 2.56 bits per heavy atom. The highest BCUT2D eigenvalue weighted by atomic mass is 16.5. The molecule has 1 aromatic heterocycles. The van der Waals surface area contributed by atoms with E-state index in [0.717, 1.165) is 5.76 Å². The smallest absolute Gasteiger partial charge is 0.160 e.